The standard InChI is InChI=1S/C19H27N3S/c1-14-10-12-17(13-11-14)19(3,4)20-18(23)22-21-15(2)16-8-6-5-7-9-16/h5-10,17H,11-13H2,1-4H3,(H2,20,22,23)/b21-15+/t17-/m0/s1. The molecule has 0 aromatic heterocycles. The third-order valence-corrected chi connectivity index (χ3v) is 4.80. The molecule has 2 N–H and O–H groups in total. The van der Waals surface area contributed by atoms with Gasteiger partial charge in [0.15, 0.2) is 5.11 Å². The van der Waals surface area contributed by atoms with Crippen molar-refractivity contribution < 1.29 is 0 Å². The van der Waals surface area contributed by atoms with Crippen LogP contribution in [0, 0.1) is 5.92 Å². The van der Waals surface area contributed by atoms with E-state index < -0.39 is 0 Å². The molecule has 0 aliphatic heterocycles. The molecular weight excluding hydrogens is 302 g/mol. The van der Waals surface area contributed by atoms with Crippen LogP contribution in [0.4, 0.5) is 0 Å². The van der Waals surface area contributed by atoms with Crippen LogP contribution < -0.4 is 10.7 Å². The summed E-state index contributed by atoms with van der Waals surface area (Å²) < 4.78 is 0. The monoisotopic (exact) mass is 329 g/mol. The Bertz CT molecular complexity index is 602. The first-order chi connectivity index (χ1) is 10.9. The molecule has 0 saturated heterocycles. The summed E-state index contributed by atoms with van der Waals surface area (Å²) in [5, 5.41) is 8.40. The van der Waals surface area contributed by atoms with Crippen LogP contribution >= 0.6 is 12.2 Å². The maximum Gasteiger partial charge on any atom is 0.187 e. The highest BCUT2D eigenvalue weighted by molar-refractivity contribution is 7.80. The van der Waals surface area contributed by atoms with Crippen LogP contribution in [-0.2, 0) is 0 Å². The largest absolute Gasteiger partial charge is 0.356 e. The van der Waals surface area contributed by atoms with E-state index in [4.69, 9.17) is 12.2 Å². The first kappa shape index (κ1) is 17.7. The average molecular weight is 330 g/mol. The van der Waals surface area contributed by atoms with Crippen molar-refractivity contribution in [3.63, 3.8) is 0 Å². The smallest absolute Gasteiger partial charge is 0.187 e. The highest BCUT2D eigenvalue weighted by Gasteiger charge is 2.30. The predicted molar refractivity (Wildman–Crippen MR) is 103 cm³/mol. The van der Waals surface area contributed by atoms with Gasteiger partial charge < -0.3 is 5.32 Å². The zero-order chi connectivity index (χ0) is 16.9. The number of rotatable bonds is 4. The second-order valence-electron chi connectivity index (χ2n) is 6.87. The van der Waals surface area contributed by atoms with Gasteiger partial charge in [-0.2, -0.15) is 5.10 Å². The molecule has 0 fully saturated rings. The predicted octanol–water partition coefficient (Wildman–Crippen LogP) is 4.40. The number of nitrogens with one attached hydrogen (secondary N) is 2. The fourth-order valence-corrected chi connectivity index (χ4v) is 3.23. The normalized spacial score (nSPS) is 19.0. The number of hydrazone groups is 1. The van der Waals surface area contributed by atoms with E-state index in [9.17, 15) is 0 Å². The lowest BCUT2D eigenvalue weighted by Crippen LogP contribution is -2.52. The molecule has 3 nitrogen and oxygen atoms in total. The van der Waals surface area contributed by atoms with Gasteiger partial charge in [-0.3, -0.25) is 5.43 Å². The Morgan fingerprint density at radius 2 is 1.96 bits per heavy atom. The zero-order valence-electron chi connectivity index (χ0n) is 14.5. The maximum absolute atomic E-state index is 5.42. The quantitative estimate of drug-likeness (QED) is 0.372. The summed E-state index contributed by atoms with van der Waals surface area (Å²) in [6.45, 7) is 8.62. The summed E-state index contributed by atoms with van der Waals surface area (Å²) in [7, 11) is 0. The molecule has 0 amide bonds. The zero-order valence-corrected chi connectivity index (χ0v) is 15.3. The fourth-order valence-electron chi connectivity index (χ4n) is 2.92. The van der Waals surface area contributed by atoms with E-state index >= 15 is 0 Å². The third-order valence-electron chi connectivity index (χ3n) is 4.61. The SMILES string of the molecule is CC1=CC[C@H](C(C)(C)NC(=S)N/N=C(\C)c2ccccc2)CC1. The maximum atomic E-state index is 5.42. The first-order valence-electron chi connectivity index (χ1n) is 8.22. The Morgan fingerprint density at radius 1 is 1.26 bits per heavy atom. The second kappa shape index (κ2) is 7.73. The molecule has 0 radical (unpaired) electrons. The van der Waals surface area contributed by atoms with Crippen molar-refractivity contribution in [2.75, 3.05) is 0 Å². The van der Waals surface area contributed by atoms with E-state index in [1.54, 1.807) is 0 Å². The van der Waals surface area contributed by atoms with Gasteiger partial charge in [0, 0.05) is 5.54 Å². The van der Waals surface area contributed by atoms with Crippen LogP contribution in [0.3, 0.4) is 0 Å². The number of allylic oxidation sites excluding steroid dienone is 2. The van der Waals surface area contributed by atoms with Crippen molar-refractivity contribution in [2.45, 2.75) is 52.5 Å². The van der Waals surface area contributed by atoms with Gasteiger partial charge in [0.05, 0.1) is 5.71 Å². The number of nitrogens with zero attached hydrogens (tertiary/aromatic N) is 1. The van der Waals surface area contributed by atoms with Crippen LogP contribution in [0.25, 0.3) is 0 Å². The summed E-state index contributed by atoms with van der Waals surface area (Å²) in [6, 6.07) is 10.1. The third kappa shape index (κ3) is 5.17. The molecule has 1 aromatic carbocycles. The summed E-state index contributed by atoms with van der Waals surface area (Å²) in [5.74, 6) is 0.588. The van der Waals surface area contributed by atoms with E-state index in [0.29, 0.717) is 11.0 Å². The van der Waals surface area contributed by atoms with Gasteiger partial charge in [0.25, 0.3) is 0 Å². The Kier molecular flexibility index (Phi) is 5.94. The second-order valence-corrected chi connectivity index (χ2v) is 7.28. The van der Waals surface area contributed by atoms with Gasteiger partial charge in [-0.05, 0) is 70.7 Å². The Morgan fingerprint density at radius 3 is 2.57 bits per heavy atom. The number of thiocarbonyl (C=S) groups is 1. The van der Waals surface area contributed by atoms with E-state index in [2.05, 4.69) is 42.7 Å². The molecule has 0 unspecified atom stereocenters. The number of benzene rings is 1. The molecule has 124 valence electrons. The molecule has 0 bridgehead atoms. The van der Waals surface area contributed by atoms with Crippen LogP contribution in [0.15, 0.2) is 47.1 Å². The van der Waals surface area contributed by atoms with Crippen LogP contribution in [0.2, 0.25) is 0 Å². The van der Waals surface area contributed by atoms with Crippen molar-refractivity contribution in [1.29, 1.82) is 0 Å². The van der Waals surface area contributed by atoms with Crippen molar-refractivity contribution in [3.05, 3.63) is 47.5 Å². The van der Waals surface area contributed by atoms with Crippen molar-refractivity contribution in [2.24, 2.45) is 11.0 Å². The highest BCUT2D eigenvalue weighted by Crippen LogP contribution is 2.31. The number of hydrogen-bond donors (Lipinski definition) is 2. The van der Waals surface area contributed by atoms with Gasteiger partial charge in [-0.25, -0.2) is 0 Å². The van der Waals surface area contributed by atoms with Gasteiger partial charge in [-0.15, -0.1) is 0 Å². The average Bonchev–Trinajstić information content (AvgIpc) is 2.53. The minimum absolute atomic E-state index is 0.0442. The van der Waals surface area contributed by atoms with Crippen molar-refractivity contribution >= 4 is 23.0 Å². The van der Waals surface area contributed by atoms with Crippen LogP contribution in [0.1, 0.15) is 52.5 Å². The Labute approximate surface area is 145 Å². The Hall–Kier alpha value is -1.68. The fraction of sp³-hybridized carbons (Fsp3) is 0.474. The topological polar surface area (TPSA) is 36.4 Å². The lowest BCUT2D eigenvalue weighted by molar-refractivity contribution is 0.265. The minimum atomic E-state index is -0.0442. The summed E-state index contributed by atoms with van der Waals surface area (Å²) in [4.78, 5) is 0. The van der Waals surface area contributed by atoms with Crippen LogP contribution in [-0.4, -0.2) is 16.4 Å². The van der Waals surface area contributed by atoms with Crippen molar-refractivity contribution in [1.82, 2.24) is 10.7 Å². The molecule has 1 aromatic rings. The molecule has 4 heteroatoms. The van der Waals surface area contributed by atoms with Gasteiger partial charge in [-0.1, -0.05) is 42.0 Å². The molecule has 23 heavy (non-hydrogen) atoms. The van der Waals surface area contributed by atoms with Gasteiger partial charge in [0.2, 0.25) is 0 Å². The first-order valence-corrected chi connectivity index (χ1v) is 8.63. The van der Waals surface area contributed by atoms with E-state index in [1.807, 2.05) is 37.3 Å². The number of hydrogen-bond acceptors (Lipinski definition) is 2. The van der Waals surface area contributed by atoms with E-state index in [-0.39, 0.29) is 5.54 Å². The molecule has 1 atom stereocenters. The molecule has 0 saturated carbocycles. The van der Waals surface area contributed by atoms with E-state index in [1.165, 1.54) is 18.4 Å². The summed E-state index contributed by atoms with van der Waals surface area (Å²) in [5.41, 5.74) is 6.45. The Balaban J connectivity index is 1.91. The molecule has 1 aliphatic rings. The molecule has 0 heterocycles. The molecular formula is C19H27N3S. The minimum Gasteiger partial charge on any atom is -0.356 e. The van der Waals surface area contributed by atoms with Gasteiger partial charge in [0.1, 0.15) is 0 Å². The summed E-state index contributed by atoms with van der Waals surface area (Å²) in [6.07, 6.45) is 5.85. The highest BCUT2D eigenvalue weighted by atomic mass is 32.1. The van der Waals surface area contributed by atoms with Gasteiger partial charge >= 0.3 is 0 Å². The molecule has 1 aliphatic carbocycles. The summed E-state index contributed by atoms with van der Waals surface area (Å²) >= 11 is 5.42. The lowest BCUT2D eigenvalue weighted by Gasteiger charge is -2.37. The lowest BCUT2D eigenvalue weighted by atomic mass is 9.77. The molecule has 0 spiro atoms. The van der Waals surface area contributed by atoms with Crippen LogP contribution in [0.5, 0.6) is 0 Å². The van der Waals surface area contributed by atoms with Crippen molar-refractivity contribution in [3.8, 4) is 0 Å². The van der Waals surface area contributed by atoms with E-state index in [0.717, 1.165) is 17.7 Å². The molecule has 2 rings (SSSR count).